The van der Waals surface area contributed by atoms with E-state index >= 15 is 0 Å². The van der Waals surface area contributed by atoms with Crippen LogP contribution in [0.5, 0.6) is 0 Å². The summed E-state index contributed by atoms with van der Waals surface area (Å²) in [5, 5.41) is 5.09. The maximum absolute atomic E-state index is 12.3. The molecule has 1 aliphatic rings. The molecule has 0 saturated carbocycles. The molecule has 7 heteroatoms. The second kappa shape index (κ2) is 8.49. The number of hydrogen-bond acceptors (Lipinski definition) is 5. The Balaban J connectivity index is 1.50. The summed E-state index contributed by atoms with van der Waals surface area (Å²) in [6.07, 6.45) is 0.890. The zero-order chi connectivity index (χ0) is 18.5. The molecular weight excluding hydrogens is 346 g/mol. The van der Waals surface area contributed by atoms with Gasteiger partial charge in [-0.05, 0) is 24.8 Å². The number of rotatable bonds is 5. The summed E-state index contributed by atoms with van der Waals surface area (Å²) >= 11 is 1.73. The van der Waals surface area contributed by atoms with E-state index in [0.29, 0.717) is 25.6 Å². The SMILES string of the molecule is Cc1cc(N2CCN(C(=O)NCCc3cccs3)CC2)nc(C(C)C)n1. The maximum atomic E-state index is 12.3. The molecule has 2 aromatic heterocycles. The molecule has 0 spiro atoms. The number of hydrogen-bond donors (Lipinski definition) is 1. The lowest BCUT2D eigenvalue weighted by molar-refractivity contribution is 0.194. The van der Waals surface area contributed by atoms with Crippen molar-refractivity contribution >= 4 is 23.2 Å². The molecule has 0 atom stereocenters. The molecule has 2 amide bonds. The third-order valence-corrected chi connectivity index (χ3v) is 5.43. The fourth-order valence-corrected chi connectivity index (χ4v) is 3.70. The Bertz CT molecular complexity index is 724. The van der Waals surface area contributed by atoms with Gasteiger partial charge in [-0.2, -0.15) is 0 Å². The molecule has 3 rings (SSSR count). The molecule has 0 radical (unpaired) electrons. The smallest absolute Gasteiger partial charge is 0.317 e. The first kappa shape index (κ1) is 18.6. The lowest BCUT2D eigenvalue weighted by Gasteiger charge is -2.35. The summed E-state index contributed by atoms with van der Waals surface area (Å²) in [6.45, 7) is 9.93. The Morgan fingerprint density at radius 2 is 2.04 bits per heavy atom. The Morgan fingerprint density at radius 1 is 1.27 bits per heavy atom. The third-order valence-electron chi connectivity index (χ3n) is 4.49. The van der Waals surface area contributed by atoms with Crippen molar-refractivity contribution in [3.05, 3.63) is 40.0 Å². The maximum Gasteiger partial charge on any atom is 0.317 e. The lowest BCUT2D eigenvalue weighted by atomic mass is 10.2. The van der Waals surface area contributed by atoms with Gasteiger partial charge < -0.3 is 15.1 Å². The molecule has 1 saturated heterocycles. The van der Waals surface area contributed by atoms with Gasteiger partial charge in [0.25, 0.3) is 0 Å². The Hall–Kier alpha value is -2.15. The molecule has 0 unspecified atom stereocenters. The zero-order valence-corrected chi connectivity index (χ0v) is 16.6. The van der Waals surface area contributed by atoms with Gasteiger partial charge in [-0.25, -0.2) is 14.8 Å². The van der Waals surface area contributed by atoms with Crippen LogP contribution >= 0.6 is 11.3 Å². The fraction of sp³-hybridized carbons (Fsp3) is 0.526. The average Bonchev–Trinajstić information content (AvgIpc) is 3.14. The van der Waals surface area contributed by atoms with E-state index in [-0.39, 0.29) is 6.03 Å². The van der Waals surface area contributed by atoms with E-state index in [1.54, 1.807) is 11.3 Å². The predicted octanol–water partition coefficient (Wildman–Crippen LogP) is 3.04. The highest BCUT2D eigenvalue weighted by atomic mass is 32.1. The van der Waals surface area contributed by atoms with Crippen LogP contribution < -0.4 is 10.2 Å². The van der Waals surface area contributed by atoms with Crippen molar-refractivity contribution in [2.24, 2.45) is 0 Å². The van der Waals surface area contributed by atoms with Gasteiger partial charge in [0, 0.05) is 55.3 Å². The summed E-state index contributed by atoms with van der Waals surface area (Å²) in [7, 11) is 0. The Kier molecular flexibility index (Phi) is 6.08. The quantitative estimate of drug-likeness (QED) is 0.875. The number of anilines is 1. The van der Waals surface area contributed by atoms with Crippen LogP contribution in [-0.4, -0.2) is 53.6 Å². The van der Waals surface area contributed by atoms with Crippen LogP contribution in [-0.2, 0) is 6.42 Å². The lowest BCUT2D eigenvalue weighted by Crippen LogP contribution is -2.52. The van der Waals surface area contributed by atoms with Gasteiger partial charge in [-0.1, -0.05) is 19.9 Å². The van der Waals surface area contributed by atoms with Gasteiger partial charge in [0.1, 0.15) is 11.6 Å². The minimum Gasteiger partial charge on any atom is -0.353 e. The number of urea groups is 1. The van der Waals surface area contributed by atoms with Gasteiger partial charge in [-0.15, -0.1) is 11.3 Å². The van der Waals surface area contributed by atoms with E-state index in [1.807, 2.05) is 24.0 Å². The zero-order valence-electron chi connectivity index (χ0n) is 15.7. The van der Waals surface area contributed by atoms with Crippen molar-refractivity contribution in [1.29, 1.82) is 0 Å². The summed E-state index contributed by atoms with van der Waals surface area (Å²) in [5.41, 5.74) is 0.993. The second-order valence-corrected chi connectivity index (χ2v) is 7.95. The van der Waals surface area contributed by atoms with Crippen LogP contribution in [0.4, 0.5) is 10.6 Å². The summed E-state index contributed by atoms with van der Waals surface area (Å²) in [5.74, 6) is 2.16. The standard InChI is InChI=1S/C19H27N5OS/c1-14(2)18-21-15(3)13-17(22-18)23-8-10-24(11-9-23)19(25)20-7-6-16-5-4-12-26-16/h4-5,12-14H,6-11H2,1-3H3,(H,20,25). The first-order valence-electron chi connectivity index (χ1n) is 9.18. The highest BCUT2D eigenvalue weighted by Crippen LogP contribution is 2.18. The number of nitrogens with zero attached hydrogens (tertiary/aromatic N) is 4. The molecule has 2 aromatic rings. The minimum absolute atomic E-state index is 0.0305. The van der Waals surface area contributed by atoms with Gasteiger partial charge >= 0.3 is 6.03 Å². The van der Waals surface area contributed by atoms with Crippen molar-refractivity contribution in [2.45, 2.75) is 33.1 Å². The molecule has 1 N–H and O–H groups in total. The Morgan fingerprint density at radius 3 is 2.69 bits per heavy atom. The highest BCUT2D eigenvalue weighted by Gasteiger charge is 2.22. The molecule has 6 nitrogen and oxygen atoms in total. The van der Waals surface area contributed by atoms with Crippen LogP contribution in [0.1, 0.15) is 36.2 Å². The largest absolute Gasteiger partial charge is 0.353 e. The average molecular weight is 374 g/mol. The monoisotopic (exact) mass is 373 g/mol. The van der Waals surface area contributed by atoms with Crippen LogP contribution in [0.2, 0.25) is 0 Å². The van der Waals surface area contributed by atoms with E-state index in [1.165, 1.54) is 4.88 Å². The van der Waals surface area contributed by atoms with E-state index in [9.17, 15) is 4.79 Å². The minimum atomic E-state index is 0.0305. The van der Waals surface area contributed by atoms with Gasteiger partial charge in [0.2, 0.25) is 0 Å². The number of piperazine rings is 1. The number of aryl methyl sites for hydroxylation is 1. The number of aromatic nitrogens is 2. The van der Waals surface area contributed by atoms with Crippen molar-refractivity contribution in [1.82, 2.24) is 20.2 Å². The Labute approximate surface area is 159 Å². The predicted molar refractivity (Wildman–Crippen MR) is 106 cm³/mol. The van der Waals surface area contributed by atoms with E-state index in [4.69, 9.17) is 4.98 Å². The van der Waals surface area contributed by atoms with Crippen molar-refractivity contribution < 1.29 is 4.79 Å². The topological polar surface area (TPSA) is 61.4 Å². The van der Waals surface area contributed by atoms with Crippen LogP contribution in [0.15, 0.2) is 23.6 Å². The van der Waals surface area contributed by atoms with Gasteiger partial charge in [-0.3, -0.25) is 0 Å². The van der Waals surface area contributed by atoms with Crippen LogP contribution in [0.25, 0.3) is 0 Å². The first-order valence-corrected chi connectivity index (χ1v) is 10.1. The van der Waals surface area contributed by atoms with E-state index in [2.05, 4.69) is 40.5 Å². The molecule has 1 fully saturated rings. The van der Waals surface area contributed by atoms with Crippen LogP contribution in [0.3, 0.4) is 0 Å². The molecular formula is C19H27N5OS. The van der Waals surface area contributed by atoms with Crippen molar-refractivity contribution in [3.8, 4) is 0 Å². The molecule has 0 bridgehead atoms. The molecule has 1 aliphatic heterocycles. The summed E-state index contributed by atoms with van der Waals surface area (Å²) in [6, 6.07) is 6.21. The van der Waals surface area contributed by atoms with Crippen LogP contribution in [0, 0.1) is 6.92 Å². The van der Waals surface area contributed by atoms with Gasteiger partial charge in [0.05, 0.1) is 0 Å². The molecule has 26 heavy (non-hydrogen) atoms. The molecule has 0 aromatic carbocycles. The second-order valence-electron chi connectivity index (χ2n) is 6.92. The number of carbonyl (C=O) groups excluding carboxylic acids is 1. The number of amides is 2. The third kappa shape index (κ3) is 4.72. The highest BCUT2D eigenvalue weighted by molar-refractivity contribution is 7.09. The summed E-state index contributed by atoms with van der Waals surface area (Å²) < 4.78 is 0. The van der Waals surface area contributed by atoms with Crippen molar-refractivity contribution in [2.75, 3.05) is 37.6 Å². The number of carbonyl (C=O) groups is 1. The normalized spacial score (nSPS) is 14.8. The first-order chi connectivity index (χ1) is 12.5. The number of nitrogens with one attached hydrogen (secondary N) is 1. The summed E-state index contributed by atoms with van der Waals surface area (Å²) in [4.78, 5) is 27.0. The molecule has 3 heterocycles. The van der Waals surface area contributed by atoms with Crippen molar-refractivity contribution in [3.63, 3.8) is 0 Å². The molecule has 140 valence electrons. The van der Waals surface area contributed by atoms with Gasteiger partial charge in [0.15, 0.2) is 0 Å². The molecule has 0 aliphatic carbocycles. The van der Waals surface area contributed by atoms with E-state index < -0.39 is 0 Å². The fourth-order valence-electron chi connectivity index (χ4n) is 2.99. The number of thiophene rings is 1. The van der Waals surface area contributed by atoms with E-state index in [0.717, 1.165) is 36.8 Å².